The molecule has 3 rings (SSSR count). The zero-order chi connectivity index (χ0) is 26.4. The van der Waals surface area contributed by atoms with Crippen molar-refractivity contribution < 1.29 is 41.7 Å². The third-order valence-corrected chi connectivity index (χ3v) is 6.06. The second kappa shape index (κ2) is 12.3. The summed E-state index contributed by atoms with van der Waals surface area (Å²) in [6, 6.07) is 4.73. The molecule has 2 aromatic rings. The van der Waals surface area contributed by atoms with E-state index in [1.165, 1.54) is 18.1 Å². The minimum absolute atomic E-state index is 0.0575. The van der Waals surface area contributed by atoms with Gasteiger partial charge in [-0.2, -0.15) is 8.78 Å². The number of amides is 2. The smallest absolute Gasteiger partial charge is 0.257 e. The molecule has 0 aliphatic carbocycles. The van der Waals surface area contributed by atoms with E-state index >= 15 is 0 Å². The maximum Gasteiger partial charge on any atom is 0.257 e. The fourth-order valence-corrected chi connectivity index (χ4v) is 4.01. The van der Waals surface area contributed by atoms with E-state index in [0.29, 0.717) is 30.2 Å². The summed E-state index contributed by atoms with van der Waals surface area (Å²) >= 11 is 6.02. The van der Waals surface area contributed by atoms with Crippen LogP contribution in [0.3, 0.4) is 0 Å². The minimum Gasteiger partial charge on any atom is -0.496 e. The monoisotopic (exact) mass is 532 g/mol. The SMILES string of the molecule is COc1ccc(Cl)cc1C(=O)N1CCC[C@H](C(=O)NCC(CO)COc2c(F)c(F)cc(F)c2F)C1. The normalized spacial score (nSPS) is 16.4. The predicted octanol–water partition coefficient (Wildman–Crippen LogP) is 3.56. The molecule has 2 aromatic carbocycles. The Kier molecular flexibility index (Phi) is 9.38. The molecule has 1 heterocycles. The molecule has 1 aliphatic rings. The lowest BCUT2D eigenvalue weighted by molar-refractivity contribution is -0.126. The molecule has 1 aliphatic heterocycles. The number of nitrogens with one attached hydrogen (secondary N) is 1. The number of piperidine rings is 1. The zero-order valence-corrected chi connectivity index (χ0v) is 20.1. The number of benzene rings is 2. The summed E-state index contributed by atoms with van der Waals surface area (Å²) in [6.07, 6.45) is 1.09. The summed E-state index contributed by atoms with van der Waals surface area (Å²) in [5, 5.41) is 12.5. The van der Waals surface area contributed by atoms with Crippen LogP contribution in [-0.2, 0) is 4.79 Å². The topological polar surface area (TPSA) is 88.1 Å². The van der Waals surface area contributed by atoms with Crippen LogP contribution in [0.5, 0.6) is 11.5 Å². The summed E-state index contributed by atoms with van der Waals surface area (Å²) in [7, 11) is 1.43. The van der Waals surface area contributed by atoms with Crippen LogP contribution in [0, 0.1) is 35.1 Å². The molecule has 1 saturated heterocycles. The molecule has 0 bridgehead atoms. The molecule has 0 aromatic heterocycles. The third kappa shape index (κ3) is 6.38. The molecule has 0 radical (unpaired) electrons. The first-order valence-electron chi connectivity index (χ1n) is 11.1. The van der Waals surface area contributed by atoms with E-state index < -0.39 is 60.0 Å². The zero-order valence-electron chi connectivity index (χ0n) is 19.3. The Bertz CT molecular complexity index is 1090. The highest BCUT2D eigenvalue weighted by atomic mass is 35.5. The number of carbonyl (C=O) groups excluding carboxylic acids is 2. The molecule has 0 saturated carbocycles. The molecule has 0 spiro atoms. The summed E-state index contributed by atoms with van der Waals surface area (Å²) in [4.78, 5) is 27.3. The number of likely N-dealkylation sites (tertiary alicyclic amines) is 1. The lowest BCUT2D eigenvalue weighted by atomic mass is 9.96. The highest BCUT2D eigenvalue weighted by Crippen LogP contribution is 2.28. The highest BCUT2D eigenvalue weighted by molar-refractivity contribution is 6.31. The lowest BCUT2D eigenvalue weighted by Gasteiger charge is -2.32. The van der Waals surface area contributed by atoms with Crippen molar-refractivity contribution >= 4 is 23.4 Å². The molecule has 2 atom stereocenters. The van der Waals surface area contributed by atoms with E-state index in [9.17, 15) is 32.3 Å². The highest BCUT2D eigenvalue weighted by Gasteiger charge is 2.30. The van der Waals surface area contributed by atoms with Gasteiger partial charge in [0.05, 0.1) is 31.8 Å². The summed E-state index contributed by atoms with van der Waals surface area (Å²) in [5.41, 5.74) is 0.275. The Labute approximate surface area is 209 Å². The maximum absolute atomic E-state index is 13.8. The van der Waals surface area contributed by atoms with Crippen molar-refractivity contribution in [3.8, 4) is 11.5 Å². The number of hydrogen-bond donors (Lipinski definition) is 2. The number of ether oxygens (including phenoxy) is 2. The van der Waals surface area contributed by atoms with Crippen LogP contribution in [0.25, 0.3) is 0 Å². The fourth-order valence-electron chi connectivity index (χ4n) is 3.84. The number of nitrogens with zero attached hydrogens (tertiary/aromatic N) is 1. The Morgan fingerprint density at radius 1 is 1.19 bits per heavy atom. The van der Waals surface area contributed by atoms with E-state index in [1.807, 2.05) is 0 Å². The Hall–Kier alpha value is -3.05. The van der Waals surface area contributed by atoms with Crippen molar-refractivity contribution in [2.24, 2.45) is 11.8 Å². The number of aliphatic hydroxyl groups is 1. The summed E-state index contributed by atoms with van der Waals surface area (Å²) in [6.45, 7) is -0.613. The molecule has 1 unspecified atom stereocenters. The number of halogens is 5. The molecular formula is C24H25ClF4N2O5. The van der Waals surface area contributed by atoms with Gasteiger partial charge < -0.3 is 24.8 Å². The van der Waals surface area contributed by atoms with Crippen molar-refractivity contribution in [2.45, 2.75) is 12.8 Å². The average molecular weight is 533 g/mol. The van der Waals surface area contributed by atoms with Gasteiger partial charge in [0.25, 0.3) is 5.91 Å². The van der Waals surface area contributed by atoms with E-state index in [1.54, 1.807) is 12.1 Å². The van der Waals surface area contributed by atoms with Crippen LogP contribution in [0.1, 0.15) is 23.2 Å². The van der Waals surface area contributed by atoms with Crippen molar-refractivity contribution in [3.63, 3.8) is 0 Å². The van der Waals surface area contributed by atoms with Gasteiger partial charge in [-0.05, 0) is 31.0 Å². The molecule has 1 fully saturated rings. The molecule has 2 N–H and O–H groups in total. The van der Waals surface area contributed by atoms with Gasteiger partial charge in [-0.25, -0.2) is 8.78 Å². The number of rotatable bonds is 9. The van der Waals surface area contributed by atoms with Gasteiger partial charge in [0.1, 0.15) is 5.75 Å². The van der Waals surface area contributed by atoms with E-state index in [4.69, 9.17) is 21.1 Å². The molecule has 12 heteroatoms. The minimum atomic E-state index is -1.70. The predicted molar refractivity (Wildman–Crippen MR) is 122 cm³/mol. The van der Waals surface area contributed by atoms with Gasteiger partial charge in [-0.15, -0.1) is 0 Å². The molecular weight excluding hydrogens is 508 g/mol. The molecule has 196 valence electrons. The molecule has 7 nitrogen and oxygen atoms in total. The third-order valence-electron chi connectivity index (χ3n) is 5.83. The first kappa shape index (κ1) is 27.5. The maximum atomic E-state index is 13.8. The molecule has 36 heavy (non-hydrogen) atoms. The first-order chi connectivity index (χ1) is 17.2. The number of aliphatic hydroxyl groups excluding tert-OH is 1. The van der Waals surface area contributed by atoms with E-state index in [0.717, 1.165) is 0 Å². The van der Waals surface area contributed by atoms with Gasteiger partial charge in [-0.1, -0.05) is 11.6 Å². The largest absolute Gasteiger partial charge is 0.496 e. The second-order valence-corrected chi connectivity index (χ2v) is 8.77. The summed E-state index contributed by atoms with van der Waals surface area (Å²) in [5.74, 6) is -9.61. The van der Waals surface area contributed by atoms with Crippen LogP contribution in [0.2, 0.25) is 5.02 Å². The van der Waals surface area contributed by atoms with Crippen LogP contribution in [0.4, 0.5) is 17.6 Å². The Morgan fingerprint density at radius 2 is 1.89 bits per heavy atom. The average Bonchev–Trinajstić information content (AvgIpc) is 2.88. The quantitative estimate of drug-likeness (QED) is 0.381. The lowest BCUT2D eigenvalue weighted by Crippen LogP contribution is -2.46. The van der Waals surface area contributed by atoms with Crippen molar-refractivity contribution in [1.82, 2.24) is 10.2 Å². The van der Waals surface area contributed by atoms with E-state index in [-0.39, 0.29) is 30.6 Å². The fraction of sp³-hybridized carbons (Fsp3) is 0.417. The van der Waals surface area contributed by atoms with Gasteiger partial charge in [-0.3, -0.25) is 9.59 Å². The number of carbonyl (C=O) groups is 2. The Morgan fingerprint density at radius 3 is 2.53 bits per heavy atom. The Balaban J connectivity index is 1.57. The first-order valence-corrected chi connectivity index (χ1v) is 11.5. The van der Waals surface area contributed by atoms with Gasteiger partial charge in [0.15, 0.2) is 17.4 Å². The van der Waals surface area contributed by atoms with Crippen LogP contribution < -0.4 is 14.8 Å². The second-order valence-electron chi connectivity index (χ2n) is 8.34. The van der Waals surface area contributed by atoms with Crippen molar-refractivity contribution in [3.05, 3.63) is 58.1 Å². The number of methoxy groups -OCH3 is 1. The van der Waals surface area contributed by atoms with Crippen molar-refractivity contribution in [2.75, 3.05) is 40.0 Å². The van der Waals surface area contributed by atoms with Gasteiger partial charge in [0.2, 0.25) is 17.5 Å². The molecule has 2 amide bonds. The van der Waals surface area contributed by atoms with Crippen LogP contribution in [0.15, 0.2) is 24.3 Å². The van der Waals surface area contributed by atoms with Crippen molar-refractivity contribution in [1.29, 1.82) is 0 Å². The summed E-state index contributed by atoms with van der Waals surface area (Å²) < 4.78 is 64.3. The van der Waals surface area contributed by atoms with Crippen LogP contribution in [-0.4, -0.2) is 61.8 Å². The van der Waals surface area contributed by atoms with Gasteiger partial charge in [0, 0.05) is 36.6 Å². The van der Waals surface area contributed by atoms with Crippen LogP contribution >= 0.6 is 11.6 Å². The number of hydrogen-bond acceptors (Lipinski definition) is 5. The van der Waals surface area contributed by atoms with E-state index in [2.05, 4.69) is 5.32 Å². The van der Waals surface area contributed by atoms with Gasteiger partial charge >= 0.3 is 0 Å². The standard InChI is InChI=1S/C24H25ClF4N2O5/c1-35-19-5-4-15(25)7-16(19)24(34)31-6-2-3-14(10-31)23(33)30-9-13(11-32)12-36-22-20(28)17(26)8-18(27)21(22)29/h4-5,7-8,13-14,32H,2-3,6,9-12H2,1H3,(H,30,33)/t13?,14-/m0/s1.